The van der Waals surface area contributed by atoms with Gasteiger partial charge in [-0.1, -0.05) is 19.9 Å². The molecule has 1 aliphatic rings. The van der Waals surface area contributed by atoms with Crippen molar-refractivity contribution in [2.45, 2.75) is 32.2 Å². The number of fused-ring (bicyclic) bond motifs is 1. The summed E-state index contributed by atoms with van der Waals surface area (Å²) in [7, 11) is 1.94. The highest BCUT2D eigenvalue weighted by molar-refractivity contribution is 7.85. The second-order valence-corrected chi connectivity index (χ2v) is 7.32. The van der Waals surface area contributed by atoms with E-state index in [2.05, 4.69) is 33.3 Å². The highest BCUT2D eigenvalue weighted by atomic mass is 32.2. The number of carbonyl (C=O) groups is 1. The second kappa shape index (κ2) is 10.7. The Kier molecular flexibility index (Phi) is 8.29. The maximum absolute atomic E-state index is 11.5. The predicted octanol–water partition coefficient (Wildman–Crippen LogP) is 2.45. The SMILES string of the molecule is CCC(CC)(COc1cccc2c1C(N)=NS(=O)N2)NC.O=Cc1ccncc1. The zero-order chi connectivity index (χ0) is 21.3. The maximum Gasteiger partial charge on any atom is 0.245 e. The molecule has 156 valence electrons. The number of nitrogens with zero attached hydrogens (tertiary/aromatic N) is 2. The number of nitrogens with one attached hydrogen (secondary N) is 2. The molecule has 1 aromatic carbocycles. The monoisotopic (exact) mass is 417 g/mol. The van der Waals surface area contributed by atoms with E-state index in [4.69, 9.17) is 10.5 Å². The molecule has 9 heteroatoms. The first kappa shape index (κ1) is 22.5. The Bertz CT molecular complexity index is 861. The quantitative estimate of drug-likeness (QED) is 0.596. The molecule has 2 heterocycles. The molecule has 0 saturated heterocycles. The highest BCUT2D eigenvalue weighted by Gasteiger charge is 2.26. The van der Waals surface area contributed by atoms with E-state index in [0.29, 0.717) is 29.2 Å². The Morgan fingerprint density at radius 1 is 1.24 bits per heavy atom. The van der Waals surface area contributed by atoms with Crippen LogP contribution in [0, 0.1) is 0 Å². The van der Waals surface area contributed by atoms with Crippen LogP contribution in [0.3, 0.4) is 0 Å². The van der Waals surface area contributed by atoms with Gasteiger partial charge in [-0.2, -0.15) is 4.40 Å². The Hall–Kier alpha value is -2.78. The minimum absolute atomic E-state index is 0.0699. The molecule has 0 bridgehead atoms. The molecule has 2 aromatic rings. The number of benzene rings is 1. The van der Waals surface area contributed by atoms with Crippen LogP contribution in [0.4, 0.5) is 5.69 Å². The molecule has 1 aliphatic heterocycles. The van der Waals surface area contributed by atoms with Gasteiger partial charge in [0.05, 0.1) is 16.8 Å². The largest absolute Gasteiger partial charge is 0.491 e. The van der Waals surface area contributed by atoms with E-state index in [9.17, 15) is 9.00 Å². The van der Waals surface area contributed by atoms with Crippen LogP contribution >= 0.6 is 0 Å². The van der Waals surface area contributed by atoms with Gasteiger partial charge in [0.15, 0.2) is 0 Å². The molecule has 0 radical (unpaired) electrons. The van der Waals surface area contributed by atoms with E-state index in [0.717, 1.165) is 19.1 Å². The van der Waals surface area contributed by atoms with Gasteiger partial charge < -0.3 is 15.8 Å². The third kappa shape index (κ3) is 5.85. The number of hydrogen-bond acceptors (Lipinski definition) is 6. The van der Waals surface area contributed by atoms with Crippen LogP contribution in [0.25, 0.3) is 0 Å². The molecule has 8 nitrogen and oxygen atoms in total. The first-order valence-corrected chi connectivity index (χ1v) is 10.4. The van der Waals surface area contributed by atoms with Gasteiger partial charge in [0.25, 0.3) is 0 Å². The van der Waals surface area contributed by atoms with Crippen LogP contribution in [0.2, 0.25) is 0 Å². The molecular weight excluding hydrogens is 390 g/mol. The van der Waals surface area contributed by atoms with E-state index in [-0.39, 0.29) is 11.4 Å². The number of carbonyl (C=O) groups excluding carboxylic acids is 1. The maximum atomic E-state index is 11.5. The highest BCUT2D eigenvalue weighted by Crippen LogP contribution is 2.30. The van der Waals surface area contributed by atoms with Crippen molar-refractivity contribution >= 4 is 29.0 Å². The average molecular weight is 418 g/mol. The molecule has 1 atom stereocenters. The summed E-state index contributed by atoms with van der Waals surface area (Å²) in [4.78, 5) is 13.7. The van der Waals surface area contributed by atoms with Crippen LogP contribution in [0.5, 0.6) is 5.75 Å². The minimum atomic E-state index is -1.52. The molecule has 0 amide bonds. The van der Waals surface area contributed by atoms with Crippen LogP contribution in [0.15, 0.2) is 47.1 Å². The number of nitrogens with two attached hydrogens (primary N) is 1. The molecule has 0 spiro atoms. The van der Waals surface area contributed by atoms with Gasteiger partial charge in [0, 0.05) is 18.0 Å². The van der Waals surface area contributed by atoms with Crippen molar-refractivity contribution < 1.29 is 13.7 Å². The van der Waals surface area contributed by atoms with Crippen molar-refractivity contribution in [2.24, 2.45) is 10.1 Å². The lowest BCUT2D eigenvalue weighted by Crippen LogP contribution is -2.47. The van der Waals surface area contributed by atoms with E-state index >= 15 is 0 Å². The Morgan fingerprint density at radius 3 is 2.48 bits per heavy atom. The fraction of sp³-hybridized carbons (Fsp3) is 0.350. The summed E-state index contributed by atoms with van der Waals surface area (Å²) in [6, 6.07) is 8.82. The molecule has 29 heavy (non-hydrogen) atoms. The van der Waals surface area contributed by atoms with Gasteiger partial charge in [-0.25, -0.2) is 4.21 Å². The number of aromatic nitrogens is 1. The van der Waals surface area contributed by atoms with Crippen LogP contribution in [-0.2, 0) is 11.2 Å². The van der Waals surface area contributed by atoms with Crippen molar-refractivity contribution in [2.75, 3.05) is 18.4 Å². The van der Waals surface area contributed by atoms with Crippen molar-refractivity contribution in [3.63, 3.8) is 0 Å². The Labute approximate surface area is 173 Å². The molecule has 0 fully saturated rings. The third-order valence-electron chi connectivity index (χ3n) is 4.89. The summed E-state index contributed by atoms with van der Waals surface area (Å²) in [6.45, 7) is 4.79. The van der Waals surface area contributed by atoms with Gasteiger partial charge in [-0.05, 0) is 44.2 Å². The summed E-state index contributed by atoms with van der Waals surface area (Å²) >= 11 is -1.52. The first-order valence-electron chi connectivity index (χ1n) is 9.31. The summed E-state index contributed by atoms with van der Waals surface area (Å²) < 4.78 is 24.1. The zero-order valence-electron chi connectivity index (χ0n) is 16.8. The van der Waals surface area contributed by atoms with Crippen molar-refractivity contribution in [3.05, 3.63) is 53.9 Å². The van der Waals surface area contributed by atoms with Crippen LogP contribution in [0.1, 0.15) is 42.6 Å². The summed E-state index contributed by atoms with van der Waals surface area (Å²) in [5.41, 5.74) is 7.85. The normalized spacial score (nSPS) is 15.1. The average Bonchev–Trinajstić information content (AvgIpc) is 2.75. The van der Waals surface area contributed by atoms with E-state index in [1.807, 2.05) is 25.2 Å². The van der Waals surface area contributed by atoms with E-state index in [1.54, 1.807) is 24.5 Å². The van der Waals surface area contributed by atoms with Crippen molar-refractivity contribution in [3.8, 4) is 5.75 Å². The predicted molar refractivity (Wildman–Crippen MR) is 116 cm³/mol. The van der Waals surface area contributed by atoms with Gasteiger partial charge in [-0.3, -0.25) is 14.5 Å². The lowest BCUT2D eigenvalue weighted by Gasteiger charge is -2.31. The lowest BCUT2D eigenvalue weighted by atomic mass is 9.94. The zero-order valence-corrected chi connectivity index (χ0v) is 17.7. The molecule has 0 aliphatic carbocycles. The number of aldehydes is 1. The summed E-state index contributed by atoms with van der Waals surface area (Å²) in [5.74, 6) is 0.889. The van der Waals surface area contributed by atoms with Gasteiger partial charge in [-0.15, -0.1) is 0 Å². The van der Waals surface area contributed by atoms with Crippen LogP contribution in [-0.4, -0.2) is 40.5 Å². The molecule has 1 aromatic heterocycles. The molecule has 3 rings (SSSR count). The third-order valence-corrected chi connectivity index (χ3v) is 5.65. The number of pyridine rings is 1. The first-order chi connectivity index (χ1) is 14.0. The fourth-order valence-electron chi connectivity index (χ4n) is 2.79. The van der Waals surface area contributed by atoms with Crippen LogP contribution < -0.4 is 20.5 Å². The Morgan fingerprint density at radius 2 is 1.93 bits per heavy atom. The van der Waals surface area contributed by atoms with Gasteiger partial charge in [0.2, 0.25) is 11.2 Å². The number of amidine groups is 1. The second-order valence-electron chi connectivity index (χ2n) is 6.43. The van der Waals surface area contributed by atoms with Crippen molar-refractivity contribution in [1.29, 1.82) is 0 Å². The number of rotatable bonds is 7. The topological polar surface area (TPSA) is 119 Å². The fourth-order valence-corrected chi connectivity index (χ4v) is 3.46. The number of ether oxygens (including phenoxy) is 1. The van der Waals surface area contributed by atoms with Crippen molar-refractivity contribution in [1.82, 2.24) is 10.3 Å². The summed E-state index contributed by atoms with van der Waals surface area (Å²) in [5, 5.41) is 3.33. The number of anilines is 1. The Balaban J connectivity index is 0.000000313. The molecular formula is C20H27N5O3S. The van der Waals surface area contributed by atoms with E-state index < -0.39 is 11.2 Å². The lowest BCUT2D eigenvalue weighted by molar-refractivity contribution is 0.112. The van der Waals surface area contributed by atoms with Gasteiger partial charge in [0.1, 0.15) is 24.5 Å². The minimum Gasteiger partial charge on any atom is -0.491 e. The number of likely N-dealkylation sites (N-methyl/N-ethyl adjacent to an activating group) is 1. The standard InChI is InChI=1S/C14H22N4O2S.C6H5NO/c1-4-14(5-2,16-3)9-20-11-8-6-7-10-12(11)13(15)18-21(19)17-10;8-5-6-1-3-7-4-2-6/h6-8,16-17H,4-5,9H2,1-3H3,(H2,15,18);1-5H. The van der Waals surface area contributed by atoms with E-state index in [1.165, 1.54) is 0 Å². The number of hydrogen-bond donors (Lipinski definition) is 3. The smallest absolute Gasteiger partial charge is 0.245 e. The summed E-state index contributed by atoms with van der Waals surface area (Å²) in [6.07, 6.45) is 5.89. The van der Waals surface area contributed by atoms with Gasteiger partial charge >= 0.3 is 0 Å². The molecule has 0 saturated carbocycles. The molecule has 4 N–H and O–H groups in total. The molecule has 1 unspecified atom stereocenters.